The van der Waals surface area contributed by atoms with Gasteiger partial charge < -0.3 is 2.85 Å². The van der Waals surface area contributed by atoms with Crippen molar-refractivity contribution in [3.8, 4) is 0 Å². The molecule has 0 aromatic rings. The summed E-state index contributed by atoms with van der Waals surface area (Å²) < 4.78 is 0. The fourth-order valence-electron chi connectivity index (χ4n) is 0. The van der Waals surface area contributed by atoms with Crippen LogP contribution in [0.5, 0.6) is 0 Å². The van der Waals surface area contributed by atoms with Crippen molar-refractivity contribution in [2.24, 2.45) is 0 Å². The van der Waals surface area contributed by atoms with Crippen molar-refractivity contribution in [1.82, 2.24) is 0 Å². The Hall–Kier alpha value is 5.30. The topological polar surface area (TPSA) is 0 Å². The third kappa shape index (κ3) is 60.4. The fraction of sp³-hybridized carbons (Fsp3) is 0. The van der Waals surface area contributed by atoms with E-state index in [9.17, 15) is 0 Å². The number of halogens is 7. The summed E-state index contributed by atoms with van der Waals surface area (Å²) in [5.74, 6) is 0. The molecule has 0 aromatic carbocycles. The zero-order chi connectivity index (χ0) is 0. The summed E-state index contributed by atoms with van der Waals surface area (Å²) in [4.78, 5) is 0. The first-order chi connectivity index (χ1) is 0. The van der Waals surface area contributed by atoms with Gasteiger partial charge in [-0.1, -0.05) is 0 Å². The molecule has 0 bridgehead atoms. The summed E-state index contributed by atoms with van der Waals surface area (Å²) in [7, 11) is 0. The van der Waals surface area contributed by atoms with Crippen LogP contribution >= 0.6 is 86.8 Å². The van der Waals surface area contributed by atoms with Gasteiger partial charge in [0.1, 0.15) is 0 Å². The average molecular weight is 335 g/mol. The standard InChI is InChI=1S/7ClH.2K.2H/h7*1H;;;;/q;;;;;;;2*+1;2*-1. The maximum absolute atomic E-state index is 0. The molecule has 0 nitrogen and oxygen atoms in total. The minimum Gasteiger partial charge on any atom is -1.00 e. The van der Waals surface area contributed by atoms with Crippen LogP contribution in [0, 0.1) is 0 Å². The van der Waals surface area contributed by atoms with Crippen molar-refractivity contribution < 1.29 is 106 Å². The maximum atomic E-state index is 0. The Morgan fingerprint density at radius 3 is 0.333 bits per heavy atom. The van der Waals surface area contributed by atoms with Crippen LogP contribution in [-0.4, -0.2) is 0 Å². The van der Waals surface area contributed by atoms with Gasteiger partial charge in [0, 0.05) is 0 Å². The molecular weight excluding hydrogens is 326 g/mol. The van der Waals surface area contributed by atoms with E-state index in [2.05, 4.69) is 0 Å². The summed E-state index contributed by atoms with van der Waals surface area (Å²) in [6.07, 6.45) is 0. The second-order valence-electron chi connectivity index (χ2n) is 0. The van der Waals surface area contributed by atoms with Gasteiger partial charge in [-0.3, -0.25) is 0 Å². The largest absolute Gasteiger partial charge is 1.00 e. The van der Waals surface area contributed by atoms with Gasteiger partial charge in [0.2, 0.25) is 0 Å². The van der Waals surface area contributed by atoms with Crippen LogP contribution < -0.4 is 103 Å². The van der Waals surface area contributed by atoms with E-state index >= 15 is 0 Å². The van der Waals surface area contributed by atoms with E-state index < -0.39 is 0 Å². The predicted octanol–water partition coefficient (Wildman–Crippen LogP) is -2.81. The Balaban J connectivity index is 0. The monoisotopic (exact) mass is 332 g/mol. The van der Waals surface area contributed by atoms with Crippen molar-refractivity contribution >= 4 is 86.8 Å². The third-order valence-corrected chi connectivity index (χ3v) is 0. The molecule has 0 spiro atoms. The van der Waals surface area contributed by atoms with E-state index in [0.29, 0.717) is 0 Å². The molecule has 60 valence electrons. The fourth-order valence-corrected chi connectivity index (χ4v) is 0. The van der Waals surface area contributed by atoms with Crippen molar-refractivity contribution in [2.45, 2.75) is 0 Å². The second-order valence-corrected chi connectivity index (χ2v) is 0. The maximum Gasteiger partial charge on any atom is 1.00 e. The van der Waals surface area contributed by atoms with E-state index in [1.54, 1.807) is 0 Å². The first kappa shape index (κ1) is 90.0. The van der Waals surface area contributed by atoms with Gasteiger partial charge in [0.15, 0.2) is 0 Å². The summed E-state index contributed by atoms with van der Waals surface area (Å²) in [5, 5.41) is 0. The molecule has 0 aromatic heterocycles. The first-order valence-electron chi connectivity index (χ1n) is 0. The molecule has 0 aliphatic carbocycles. The van der Waals surface area contributed by atoms with E-state index in [1.807, 2.05) is 0 Å². The zero-order valence-corrected chi connectivity index (χ0v) is 16.8. The molecule has 9 heteroatoms. The second kappa shape index (κ2) is 71.6. The van der Waals surface area contributed by atoms with E-state index in [0.717, 1.165) is 0 Å². The summed E-state index contributed by atoms with van der Waals surface area (Å²) in [6, 6.07) is 0. The minimum absolute atomic E-state index is 0. The van der Waals surface area contributed by atoms with Gasteiger partial charge in [-0.05, 0) is 0 Å². The molecule has 0 saturated heterocycles. The Morgan fingerprint density at radius 1 is 0.333 bits per heavy atom. The predicted molar refractivity (Wildman–Crippen MR) is 53.0 cm³/mol. The Morgan fingerprint density at radius 2 is 0.333 bits per heavy atom. The van der Waals surface area contributed by atoms with E-state index in [-0.39, 0.29) is 192 Å². The van der Waals surface area contributed by atoms with Gasteiger partial charge in [-0.15, -0.1) is 86.8 Å². The smallest absolute Gasteiger partial charge is 1.00 e. The Kier molecular flexibility index (Phi) is 716. The normalized spacial score (nSPS) is 0. The average Bonchev–Trinajstić information content (AvgIpc) is 0. The molecule has 0 amide bonds. The number of rotatable bonds is 0. The zero-order valence-electron chi connectivity index (χ0n) is 6.86. The molecular formula is H9Cl7K2. The molecule has 9 heavy (non-hydrogen) atoms. The molecule has 0 fully saturated rings. The number of hydrogen-bond donors (Lipinski definition) is 0. The Bertz CT molecular complexity index is 14.4. The van der Waals surface area contributed by atoms with Gasteiger partial charge in [0.05, 0.1) is 0 Å². The van der Waals surface area contributed by atoms with Crippen molar-refractivity contribution in [1.29, 1.82) is 0 Å². The van der Waals surface area contributed by atoms with Gasteiger partial charge in [-0.2, -0.15) is 0 Å². The van der Waals surface area contributed by atoms with E-state index in [4.69, 9.17) is 0 Å². The molecule has 0 N–H and O–H groups in total. The van der Waals surface area contributed by atoms with Gasteiger partial charge >= 0.3 is 103 Å². The molecule has 0 aliphatic heterocycles. The summed E-state index contributed by atoms with van der Waals surface area (Å²) >= 11 is 0. The first-order valence-corrected chi connectivity index (χ1v) is 0. The van der Waals surface area contributed by atoms with Crippen LogP contribution in [-0.2, 0) is 0 Å². The summed E-state index contributed by atoms with van der Waals surface area (Å²) in [5.41, 5.74) is 0. The molecule has 0 rings (SSSR count). The summed E-state index contributed by atoms with van der Waals surface area (Å²) in [6.45, 7) is 0. The molecule has 0 unspecified atom stereocenters. The van der Waals surface area contributed by atoms with Crippen molar-refractivity contribution in [3.63, 3.8) is 0 Å². The van der Waals surface area contributed by atoms with Crippen LogP contribution in [0.3, 0.4) is 0 Å². The van der Waals surface area contributed by atoms with Crippen LogP contribution in [0.25, 0.3) is 0 Å². The van der Waals surface area contributed by atoms with E-state index in [1.165, 1.54) is 0 Å². The quantitative estimate of drug-likeness (QED) is 0.419. The number of hydrogen-bond acceptors (Lipinski definition) is 0. The minimum atomic E-state index is 0. The third-order valence-electron chi connectivity index (χ3n) is 0. The molecule has 0 atom stereocenters. The van der Waals surface area contributed by atoms with Crippen molar-refractivity contribution in [3.05, 3.63) is 0 Å². The molecule has 0 radical (unpaired) electrons. The Labute approximate surface area is 187 Å². The molecule has 0 aliphatic rings. The van der Waals surface area contributed by atoms with Crippen molar-refractivity contribution in [2.75, 3.05) is 0 Å². The molecule has 0 heterocycles. The van der Waals surface area contributed by atoms with Crippen LogP contribution in [0.15, 0.2) is 0 Å². The van der Waals surface area contributed by atoms with Crippen LogP contribution in [0.2, 0.25) is 0 Å². The van der Waals surface area contributed by atoms with Gasteiger partial charge in [0.25, 0.3) is 0 Å². The van der Waals surface area contributed by atoms with Crippen LogP contribution in [0.4, 0.5) is 0 Å². The van der Waals surface area contributed by atoms with Gasteiger partial charge in [-0.25, -0.2) is 0 Å². The molecule has 0 saturated carbocycles. The van der Waals surface area contributed by atoms with Crippen LogP contribution in [0.1, 0.15) is 2.85 Å². The SMILES string of the molecule is Cl.Cl.Cl.Cl.Cl.Cl.Cl.[H-].[H-].[K+].[K+].